The van der Waals surface area contributed by atoms with Gasteiger partial charge in [0.25, 0.3) is 0 Å². The molecule has 4 rings (SSSR count). The Kier molecular flexibility index (Phi) is 4.36. The third-order valence-corrected chi connectivity index (χ3v) is 5.50. The van der Waals surface area contributed by atoms with E-state index < -0.39 is 0 Å². The van der Waals surface area contributed by atoms with Crippen molar-refractivity contribution in [1.82, 2.24) is 9.55 Å². The Hall–Kier alpha value is -2.12. The lowest BCUT2D eigenvalue weighted by molar-refractivity contribution is -0.143. The maximum absolute atomic E-state index is 12.9. The monoisotopic (exact) mass is 431 g/mol. The summed E-state index contributed by atoms with van der Waals surface area (Å²) in [6.07, 6.45) is -0.180. The number of nitrogens with zero attached hydrogens (tertiary/aromatic N) is 2. The van der Waals surface area contributed by atoms with Crippen LogP contribution in [0.25, 0.3) is 11.0 Å². The normalized spacial score (nSPS) is 16.7. The zero-order valence-electron chi connectivity index (χ0n) is 14.6. The first kappa shape index (κ1) is 17.3. The standard InChI is InChI=1S/C19H18BrN3O2S/c1-10(2)25-18(24)16-11(3)21-19-22-14-5-4-13(20)8-15(14)23(19)17(16)12-6-7-26-9-12/h4-10,17H,1-3H3,(H,21,22). The predicted molar refractivity (Wildman–Crippen MR) is 107 cm³/mol. The number of hydrogen-bond donors (Lipinski definition) is 1. The Bertz CT molecular complexity index is 1020. The van der Waals surface area contributed by atoms with Gasteiger partial charge in [0.1, 0.15) is 0 Å². The van der Waals surface area contributed by atoms with E-state index in [2.05, 4.69) is 31.2 Å². The van der Waals surface area contributed by atoms with E-state index in [1.807, 2.05) is 50.4 Å². The summed E-state index contributed by atoms with van der Waals surface area (Å²) in [6.45, 7) is 5.62. The van der Waals surface area contributed by atoms with Gasteiger partial charge in [0, 0.05) is 10.2 Å². The molecule has 1 aliphatic heterocycles. The van der Waals surface area contributed by atoms with E-state index in [9.17, 15) is 4.79 Å². The van der Waals surface area contributed by atoms with E-state index >= 15 is 0 Å². The fraction of sp³-hybridized carbons (Fsp3) is 0.263. The van der Waals surface area contributed by atoms with Gasteiger partial charge in [-0.05, 0) is 61.4 Å². The zero-order chi connectivity index (χ0) is 18.4. The van der Waals surface area contributed by atoms with Crippen molar-refractivity contribution in [2.75, 3.05) is 5.32 Å². The highest BCUT2D eigenvalue weighted by molar-refractivity contribution is 9.10. The minimum absolute atomic E-state index is 0.180. The molecule has 0 aliphatic carbocycles. The molecule has 2 aromatic heterocycles. The van der Waals surface area contributed by atoms with Crippen LogP contribution in [0.15, 0.2) is 50.8 Å². The third kappa shape index (κ3) is 2.85. The molecule has 1 aliphatic rings. The number of carbonyl (C=O) groups excluding carboxylic acids is 1. The summed E-state index contributed by atoms with van der Waals surface area (Å²) in [5.74, 6) is 0.427. The molecule has 0 saturated heterocycles. The number of benzene rings is 1. The van der Waals surface area contributed by atoms with Gasteiger partial charge in [0.05, 0.1) is 28.8 Å². The summed E-state index contributed by atoms with van der Waals surface area (Å²) >= 11 is 5.15. The molecular formula is C19H18BrN3O2S. The first-order valence-electron chi connectivity index (χ1n) is 8.34. The number of esters is 1. The van der Waals surface area contributed by atoms with Gasteiger partial charge in [-0.15, -0.1) is 0 Å². The smallest absolute Gasteiger partial charge is 0.338 e. The number of ether oxygens (including phenoxy) is 1. The summed E-state index contributed by atoms with van der Waals surface area (Å²) in [7, 11) is 0. The molecule has 134 valence electrons. The van der Waals surface area contributed by atoms with Crippen LogP contribution in [-0.2, 0) is 9.53 Å². The average molecular weight is 432 g/mol. The first-order valence-corrected chi connectivity index (χ1v) is 10.1. The Morgan fingerprint density at radius 1 is 1.38 bits per heavy atom. The highest BCUT2D eigenvalue weighted by Gasteiger charge is 2.35. The molecule has 26 heavy (non-hydrogen) atoms. The molecule has 0 bridgehead atoms. The number of rotatable bonds is 3. The highest BCUT2D eigenvalue weighted by atomic mass is 79.9. The Labute approximate surface area is 163 Å². The number of carbonyl (C=O) groups is 1. The topological polar surface area (TPSA) is 56.2 Å². The molecule has 7 heteroatoms. The molecule has 1 aromatic carbocycles. The molecule has 1 unspecified atom stereocenters. The molecule has 5 nitrogen and oxygen atoms in total. The van der Waals surface area contributed by atoms with Crippen LogP contribution >= 0.6 is 27.3 Å². The molecular weight excluding hydrogens is 414 g/mol. The number of fused-ring (bicyclic) bond motifs is 3. The van der Waals surface area contributed by atoms with Crippen molar-refractivity contribution in [1.29, 1.82) is 0 Å². The predicted octanol–water partition coefficient (Wildman–Crippen LogP) is 5.10. The number of aromatic nitrogens is 2. The van der Waals surface area contributed by atoms with Crippen LogP contribution in [0.1, 0.15) is 32.4 Å². The number of allylic oxidation sites excluding steroid dienone is 1. The average Bonchev–Trinajstić information content (AvgIpc) is 3.20. The number of halogens is 1. The van der Waals surface area contributed by atoms with Crippen LogP contribution in [-0.4, -0.2) is 21.6 Å². The number of hydrogen-bond acceptors (Lipinski definition) is 5. The number of anilines is 1. The third-order valence-electron chi connectivity index (χ3n) is 4.31. The lowest BCUT2D eigenvalue weighted by atomic mass is 9.97. The van der Waals surface area contributed by atoms with Gasteiger partial charge in [0.15, 0.2) is 0 Å². The van der Waals surface area contributed by atoms with E-state index in [1.165, 1.54) is 0 Å². The summed E-state index contributed by atoms with van der Waals surface area (Å²) < 4.78 is 8.58. The van der Waals surface area contributed by atoms with Crippen LogP contribution in [0.4, 0.5) is 5.95 Å². The Balaban J connectivity index is 1.95. The quantitative estimate of drug-likeness (QED) is 0.585. The molecule has 0 amide bonds. The van der Waals surface area contributed by atoms with Crippen molar-refractivity contribution < 1.29 is 9.53 Å². The summed E-state index contributed by atoms with van der Waals surface area (Å²) in [4.78, 5) is 17.6. The SMILES string of the molecule is CC1=C(C(=O)OC(C)C)C(c2ccsc2)n2c(nc3ccc(Br)cc32)N1. The Morgan fingerprint density at radius 2 is 2.19 bits per heavy atom. The lowest BCUT2D eigenvalue weighted by Gasteiger charge is -2.30. The van der Waals surface area contributed by atoms with Crippen LogP contribution < -0.4 is 5.32 Å². The number of nitrogens with one attached hydrogen (secondary N) is 1. The van der Waals surface area contributed by atoms with Gasteiger partial charge in [-0.1, -0.05) is 15.9 Å². The van der Waals surface area contributed by atoms with E-state index in [4.69, 9.17) is 9.72 Å². The molecule has 1 atom stereocenters. The summed E-state index contributed by atoms with van der Waals surface area (Å²) in [5, 5.41) is 7.37. The van der Waals surface area contributed by atoms with Crippen LogP contribution in [0.3, 0.4) is 0 Å². The van der Waals surface area contributed by atoms with Crippen molar-refractivity contribution in [2.24, 2.45) is 0 Å². The fourth-order valence-electron chi connectivity index (χ4n) is 3.27. The van der Waals surface area contributed by atoms with E-state index in [0.29, 0.717) is 5.57 Å². The molecule has 1 N–H and O–H groups in total. The minimum Gasteiger partial charge on any atom is -0.459 e. The zero-order valence-corrected chi connectivity index (χ0v) is 17.0. The molecule has 0 radical (unpaired) electrons. The minimum atomic E-state index is -0.302. The van der Waals surface area contributed by atoms with Gasteiger partial charge >= 0.3 is 5.97 Å². The maximum atomic E-state index is 12.9. The second-order valence-corrected chi connectivity index (χ2v) is 8.21. The molecule has 3 aromatic rings. The second kappa shape index (κ2) is 6.55. The van der Waals surface area contributed by atoms with Crippen LogP contribution in [0.5, 0.6) is 0 Å². The van der Waals surface area contributed by atoms with Crippen LogP contribution in [0.2, 0.25) is 0 Å². The van der Waals surface area contributed by atoms with Gasteiger partial charge in [-0.3, -0.25) is 4.57 Å². The first-order chi connectivity index (χ1) is 12.5. The number of imidazole rings is 1. The second-order valence-electron chi connectivity index (χ2n) is 6.52. The van der Waals surface area contributed by atoms with Crippen molar-refractivity contribution >= 4 is 50.2 Å². The van der Waals surface area contributed by atoms with Crippen LogP contribution in [0, 0.1) is 0 Å². The molecule has 0 fully saturated rings. The Morgan fingerprint density at radius 3 is 2.88 bits per heavy atom. The summed E-state index contributed by atoms with van der Waals surface area (Å²) in [5.41, 5.74) is 4.27. The molecule has 0 spiro atoms. The highest BCUT2D eigenvalue weighted by Crippen LogP contribution is 2.40. The largest absolute Gasteiger partial charge is 0.459 e. The number of thiophene rings is 1. The molecule has 3 heterocycles. The summed E-state index contributed by atoms with van der Waals surface area (Å²) in [6, 6.07) is 7.74. The van der Waals surface area contributed by atoms with Gasteiger partial charge in [0.2, 0.25) is 5.95 Å². The van der Waals surface area contributed by atoms with E-state index in [1.54, 1.807) is 11.3 Å². The van der Waals surface area contributed by atoms with Crippen molar-refractivity contribution in [2.45, 2.75) is 32.9 Å². The van der Waals surface area contributed by atoms with Gasteiger partial charge < -0.3 is 10.1 Å². The van der Waals surface area contributed by atoms with Crippen molar-refractivity contribution in [3.8, 4) is 0 Å². The van der Waals surface area contributed by atoms with Crippen molar-refractivity contribution in [3.63, 3.8) is 0 Å². The van der Waals surface area contributed by atoms with E-state index in [0.717, 1.165) is 32.7 Å². The van der Waals surface area contributed by atoms with E-state index in [-0.39, 0.29) is 18.1 Å². The maximum Gasteiger partial charge on any atom is 0.338 e. The lowest BCUT2D eigenvalue weighted by Crippen LogP contribution is -2.29. The fourth-order valence-corrected chi connectivity index (χ4v) is 4.30. The van der Waals surface area contributed by atoms with Crippen molar-refractivity contribution in [3.05, 3.63) is 56.3 Å². The van der Waals surface area contributed by atoms with Gasteiger partial charge in [-0.2, -0.15) is 11.3 Å². The van der Waals surface area contributed by atoms with Gasteiger partial charge in [-0.25, -0.2) is 9.78 Å². The molecule has 0 saturated carbocycles.